The van der Waals surface area contributed by atoms with Gasteiger partial charge in [0, 0.05) is 0 Å². The van der Waals surface area contributed by atoms with Gasteiger partial charge in [0.2, 0.25) is 0 Å². The van der Waals surface area contributed by atoms with E-state index in [4.69, 9.17) is 0 Å². The summed E-state index contributed by atoms with van der Waals surface area (Å²) in [4.78, 5) is 0. The van der Waals surface area contributed by atoms with Crippen LogP contribution in [0.15, 0.2) is 0 Å². The standard InChI is InChI=1S/C18H34F2/c1-11(2)7-8-12(3)13(4)10-16-14(5)9-15(6)17(19)18(16)20/h11-18H,7-10H2,1-6H3. The van der Waals surface area contributed by atoms with Gasteiger partial charge in [-0.2, -0.15) is 0 Å². The van der Waals surface area contributed by atoms with Crippen LogP contribution >= 0.6 is 0 Å². The SMILES string of the molecule is CC(C)CCC(C)C(C)CC1C(C)CC(C)C(F)C1F. The molecule has 1 aliphatic carbocycles. The first kappa shape index (κ1) is 17.9. The van der Waals surface area contributed by atoms with Gasteiger partial charge in [0.05, 0.1) is 0 Å². The molecule has 0 radical (unpaired) electrons. The van der Waals surface area contributed by atoms with Gasteiger partial charge in [0.25, 0.3) is 0 Å². The van der Waals surface area contributed by atoms with Crippen molar-refractivity contribution in [2.75, 3.05) is 0 Å². The zero-order chi connectivity index (χ0) is 15.4. The molecule has 1 rings (SSSR count). The summed E-state index contributed by atoms with van der Waals surface area (Å²) < 4.78 is 28.2. The Morgan fingerprint density at radius 1 is 0.850 bits per heavy atom. The smallest absolute Gasteiger partial charge is 0.134 e. The van der Waals surface area contributed by atoms with Gasteiger partial charge < -0.3 is 0 Å². The van der Waals surface area contributed by atoms with Crippen LogP contribution in [0.3, 0.4) is 0 Å². The molecule has 0 amide bonds. The van der Waals surface area contributed by atoms with E-state index in [1.165, 1.54) is 12.8 Å². The van der Waals surface area contributed by atoms with Crippen molar-refractivity contribution in [3.8, 4) is 0 Å². The largest absolute Gasteiger partial charge is 0.244 e. The highest BCUT2D eigenvalue weighted by atomic mass is 19.2. The molecule has 120 valence electrons. The van der Waals surface area contributed by atoms with Gasteiger partial charge >= 0.3 is 0 Å². The van der Waals surface area contributed by atoms with E-state index in [1.54, 1.807) is 0 Å². The summed E-state index contributed by atoms with van der Waals surface area (Å²) in [7, 11) is 0. The van der Waals surface area contributed by atoms with Gasteiger partial charge in [-0.3, -0.25) is 0 Å². The maximum Gasteiger partial charge on any atom is 0.134 e. The van der Waals surface area contributed by atoms with Crippen LogP contribution in [0.4, 0.5) is 8.78 Å². The first-order valence-electron chi connectivity index (χ1n) is 8.52. The van der Waals surface area contributed by atoms with Crippen LogP contribution in [-0.4, -0.2) is 12.3 Å². The van der Waals surface area contributed by atoms with Crippen molar-refractivity contribution < 1.29 is 8.78 Å². The van der Waals surface area contributed by atoms with E-state index in [9.17, 15) is 8.78 Å². The van der Waals surface area contributed by atoms with Crippen LogP contribution < -0.4 is 0 Å². The van der Waals surface area contributed by atoms with Crippen LogP contribution in [0.25, 0.3) is 0 Å². The lowest BCUT2D eigenvalue weighted by Gasteiger charge is -2.40. The molecule has 1 fully saturated rings. The molecular formula is C18H34F2. The Kier molecular flexibility index (Phi) is 6.94. The predicted molar refractivity (Wildman–Crippen MR) is 83.2 cm³/mol. The normalized spacial score (nSPS) is 38.0. The summed E-state index contributed by atoms with van der Waals surface area (Å²) >= 11 is 0. The molecular weight excluding hydrogens is 254 g/mol. The van der Waals surface area contributed by atoms with Crippen molar-refractivity contribution in [3.63, 3.8) is 0 Å². The molecule has 0 heterocycles. The van der Waals surface area contributed by atoms with Crippen molar-refractivity contribution in [2.24, 2.45) is 35.5 Å². The summed E-state index contributed by atoms with van der Waals surface area (Å²) in [5.74, 6) is 1.92. The maximum atomic E-state index is 14.3. The Balaban J connectivity index is 2.53. The first-order valence-corrected chi connectivity index (χ1v) is 8.52. The number of rotatable bonds is 6. The Morgan fingerprint density at radius 3 is 2.00 bits per heavy atom. The minimum atomic E-state index is -1.26. The summed E-state index contributed by atoms with van der Waals surface area (Å²) in [6, 6.07) is 0. The fraction of sp³-hybridized carbons (Fsp3) is 1.00. The third kappa shape index (κ3) is 4.70. The number of hydrogen-bond donors (Lipinski definition) is 0. The van der Waals surface area contributed by atoms with Crippen molar-refractivity contribution >= 4 is 0 Å². The molecule has 20 heavy (non-hydrogen) atoms. The molecule has 0 aromatic carbocycles. The lowest BCUT2D eigenvalue weighted by atomic mass is 9.69. The monoisotopic (exact) mass is 288 g/mol. The molecule has 0 aromatic rings. The average molecular weight is 288 g/mol. The highest BCUT2D eigenvalue weighted by molar-refractivity contribution is 4.90. The molecule has 1 saturated carbocycles. The molecule has 0 bridgehead atoms. The van der Waals surface area contributed by atoms with Crippen molar-refractivity contribution in [2.45, 2.75) is 79.6 Å². The van der Waals surface area contributed by atoms with E-state index in [2.05, 4.69) is 34.6 Å². The maximum absolute atomic E-state index is 14.3. The topological polar surface area (TPSA) is 0 Å². The van der Waals surface area contributed by atoms with Gasteiger partial charge in [-0.15, -0.1) is 0 Å². The van der Waals surface area contributed by atoms with E-state index in [-0.39, 0.29) is 11.8 Å². The molecule has 0 N–H and O–H groups in total. The highest BCUT2D eigenvalue weighted by Gasteiger charge is 2.42. The molecule has 1 aliphatic rings. The molecule has 0 spiro atoms. The van der Waals surface area contributed by atoms with Gasteiger partial charge in [0.15, 0.2) is 0 Å². The Morgan fingerprint density at radius 2 is 1.45 bits per heavy atom. The van der Waals surface area contributed by atoms with Crippen molar-refractivity contribution in [1.82, 2.24) is 0 Å². The second-order valence-electron chi connectivity index (χ2n) is 7.90. The minimum absolute atomic E-state index is 0.0855. The average Bonchev–Trinajstić information content (AvgIpc) is 2.38. The molecule has 0 aromatic heterocycles. The lowest BCUT2D eigenvalue weighted by molar-refractivity contribution is -0.0135. The van der Waals surface area contributed by atoms with Crippen molar-refractivity contribution in [3.05, 3.63) is 0 Å². The second-order valence-corrected chi connectivity index (χ2v) is 7.90. The van der Waals surface area contributed by atoms with Crippen LogP contribution in [0.5, 0.6) is 0 Å². The minimum Gasteiger partial charge on any atom is -0.244 e. The number of alkyl halides is 2. The van der Waals surface area contributed by atoms with E-state index >= 15 is 0 Å². The van der Waals surface area contributed by atoms with Crippen molar-refractivity contribution in [1.29, 1.82) is 0 Å². The lowest BCUT2D eigenvalue weighted by Crippen LogP contribution is -2.42. The third-order valence-corrected chi connectivity index (χ3v) is 5.55. The predicted octanol–water partition coefficient (Wildman–Crippen LogP) is 6.05. The van der Waals surface area contributed by atoms with Crippen LogP contribution in [0, 0.1) is 35.5 Å². The zero-order valence-corrected chi connectivity index (χ0v) is 14.2. The van der Waals surface area contributed by atoms with E-state index in [0.717, 1.165) is 18.8 Å². The molecule has 2 heteroatoms. The van der Waals surface area contributed by atoms with Gasteiger partial charge in [0.1, 0.15) is 12.3 Å². The summed E-state index contributed by atoms with van der Waals surface area (Å²) in [5, 5.41) is 0. The molecule has 7 unspecified atom stereocenters. The molecule has 0 nitrogen and oxygen atoms in total. The molecule has 7 atom stereocenters. The Hall–Kier alpha value is -0.140. The number of hydrogen-bond acceptors (Lipinski definition) is 0. The van der Waals surface area contributed by atoms with E-state index < -0.39 is 12.3 Å². The zero-order valence-electron chi connectivity index (χ0n) is 14.2. The van der Waals surface area contributed by atoms with Crippen LogP contribution in [0.2, 0.25) is 0 Å². The summed E-state index contributed by atoms with van der Waals surface area (Å²) in [6.07, 6.45) is 1.59. The molecule has 0 aliphatic heterocycles. The van der Waals surface area contributed by atoms with Gasteiger partial charge in [-0.25, -0.2) is 8.78 Å². The van der Waals surface area contributed by atoms with Crippen LogP contribution in [0.1, 0.15) is 67.2 Å². The summed E-state index contributed by atoms with van der Waals surface area (Å²) in [5.41, 5.74) is 0. The first-order chi connectivity index (χ1) is 9.23. The highest BCUT2D eigenvalue weighted by Crippen LogP contribution is 2.42. The van der Waals surface area contributed by atoms with E-state index in [0.29, 0.717) is 17.8 Å². The number of halogens is 2. The van der Waals surface area contributed by atoms with E-state index in [1.807, 2.05) is 6.92 Å². The fourth-order valence-corrected chi connectivity index (χ4v) is 3.66. The second kappa shape index (κ2) is 7.75. The van der Waals surface area contributed by atoms with Gasteiger partial charge in [-0.1, -0.05) is 54.4 Å². The Bertz CT molecular complexity index is 277. The summed E-state index contributed by atoms with van der Waals surface area (Å²) in [6.45, 7) is 12.9. The molecule has 0 saturated heterocycles. The third-order valence-electron chi connectivity index (χ3n) is 5.55. The fourth-order valence-electron chi connectivity index (χ4n) is 3.66. The van der Waals surface area contributed by atoms with Crippen LogP contribution in [-0.2, 0) is 0 Å². The Labute approximate surface area is 124 Å². The quantitative estimate of drug-likeness (QED) is 0.558. The van der Waals surface area contributed by atoms with Gasteiger partial charge in [-0.05, 0) is 48.3 Å².